The van der Waals surface area contributed by atoms with E-state index in [1.54, 1.807) is 12.0 Å². The van der Waals surface area contributed by atoms with Crippen LogP contribution in [0.15, 0.2) is 66.9 Å². The zero-order valence-corrected chi connectivity index (χ0v) is 24.9. The van der Waals surface area contributed by atoms with E-state index in [-0.39, 0.29) is 35.9 Å². The molecule has 0 saturated heterocycles. The number of methoxy groups -OCH3 is 1. The van der Waals surface area contributed by atoms with Gasteiger partial charge in [-0.05, 0) is 80.1 Å². The van der Waals surface area contributed by atoms with E-state index in [0.29, 0.717) is 18.7 Å². The molecule has 0 aliphatic carbocycles. The first kappa shape index (κ1) is 30.0. The summed E-state index contributed by atoms with van der Waals surface area (Å²) in [5, 5.41) is 0. The van der Waals surface area contributed by atoms with Crippen LogP contribution >= 0.6 is 0 Å². The number of benzene rings is 2. The predicted molar refractivity (Wildman–Crippen MR) is 158 cm³/mol. The first-order chi connectivity index (χ1) is 18.4. The van der Waals surface area contributed by atoms with Gasteiger partial charge in [-0.2, -0.15) is 0 Å². The van der Waals surface area contributed by atoms with Gasteiger partial charge in [-0.25, -0.2) is 0 Å². The quantitative estimate of drug-likeness (QED) is 0.283. The van der Waals surface area contributed by atoms with Crippen LogP contribution in [0.2, 0.25) is 0 Å². The molecule has 0 aliphatic rings. The van der Waals surface area contributed by atoms with Crippen LogP contribution in [0.5, 0.6) is 5.75 Å². The molecule has 0 saturated carbocycles. The van der Waals surface area contributed by atoms with E-state index in [4.69, 9.17) is 4.74 Å². The molecule has 6 nitrogen and oxygen atoms in total. The maximum atomic E-state index is 13.8. The molecule has 3 rings (SSSR count). The molecule has 1 atom stereocenters. The summed E-state index contributed by atoms with van der Waals surface area (Å²) in [7, 11) is 1.67. The monoisotopic (exact) mass is 531 g/mol. The Kier molecular flexibility index (Phi) is 10.0. The van der Waals surface area contributed by atoms with E-state index >= 15 is 0 Å². The van der Waals surface area contributed by atoms with E-state index in [1.807, 2.05) is 73.5 Å². The number of amides is 2. The van der Waals surface area contributed by atoms with Gasteiger partial charge in [0.05, 0.1) is 13.7 Å². The molecular weight excluding hydrogens is 486 g/mol. The number of ether oxygens (including phenoxy) is 1. The second kappa shape index (κ2) is 13.0. The number of carbonyl (C=O) groups excluding carboxylic acids is 2. The Balaban J connectivity index is 1.79. The second-order valence-corrected chi connectivity index (χ2v) is 11.6. The summed E-state index contributed by atoms with van der Waals surface area (Å²) in [6.45, 7) is 15.7. The molecule has 0 bridgehead atoms. The summed E-state index contributed by atoms with van der Waals surface area (Å²) < 4.78 is 7.55. The Labute approximate surface area is 234 Å². The Morgan fingerprint density at radius 3 is 2.23 bits per heavy atom. The lowest BCUT2D eigenvalue weighted by Crippen LogP contribution is -2.48. The van der Waals surface area contributed by atoms with Gasteiger partial charge in [0.2, 0.25) is 5.91 Å². The zero-order chi connectivity index (χ0) is 28.7. The normalized spacial score (nSPS) is 12.3. The lowest BCUT2D eigenvalue weighted by molar-refractivity contribution is -0.135. The minimum atomic E-state index is -0.121. The van der Waals surface area contributed by atoms with Crippen LogP contribution in [0.3, 0.4) is 0 Å². The number of nitrogens with zero attached hydrogens (tertiary/aromatic N) is 3. The fraction of sp³-hybridized carbons (Fsp3) is 0.455. The van der Waals surface area contributed by atoms with E-state index in [0.717, 1.165) is 23.4 Å². The van der Waals surface area contributed by atoms with Crippen molar-refractivity contribution in [2.24, 2.45) is 0 Å². The van der Waals surface area contributed by atoms with Crippen LogP contribution in [0.1, 0.15) is 82.1 Å². The molecule has 1 heterocycles. The maximum absolute atomic E-state index is 13.8. The van der Waals surface area contributed by atoms with Gasteiger partial charge in [-0.1, -0.05) is 52.0 Å². The van der Waals surface area contributed by atoms with Crippen molar-refractivity contribution in [1.29, 1.82) is 0 Å². The smallest absolute Gasteiger partial charge is 0.254 e. The number of rotatable bonds is 11. The largest absolute Gasteiger partial charge is 0.497 e. The highest BCUT2D eigenvalue weighted by Gasteiger charge is 2.27. The van der Waals surface area contributed by atoms with Crippen molar-refractivity contribution in [1.82, 2.24) is 14.4 Å². The standard InChI is InChI=1S/C33H45N3O3/c1-9-25(4)36(22-29-13-11-19-34(29)21-26-12-10-14-30(20-26)39-8)31(37)23-35(24(2)3)32(38)27-15-17-28(18-16-27)33(5,6)7/h10-20,24-25H,9,21-23H2,1-8H3. The molecule has 2 amide bonds. The fourth-order valence-electron chi connectivity index (χ4n) is 4.60. The number of hydrogen-bond donors (Lipinski definition) is 0. The van der Waals surface area contributed by atoms with Gasteiger partial charge in [-0.3, -0.25) is 9.59 Å². The Morgan fingerprint density at radius 1 is 0.949 bits per heavy atom. The topological polar surface area (TPSA) is 54.8 Å². The summed E-state index contributed by atoms with van der Waals surface area (Å²) in [5.41, 5.74) is 3.96. The third-order valence-corrected chi connectivity index (χ3v) is 7.37. The molecule has 210 valence electrons. The Hall–Kier alpha value is -3.54. The van der Waals surface area contributed by atoms with Crippen molar-refractivity contribution in [2.75, 3.05) is 13.7 Å². The number of carbonyl (C=O) groups is 2. The average Bonchev–Trinajstić information content (AvgIpc) is 3.35. The first-order valence-electron chi connectivity index (χ1n) is 13.9. The molecule has 0 N–H and O–H groups in total. The van der Waals surface area contributed by atoms with Gasteiger partial charge in [0.1, 0.15) is 12.3 Å². The summed E-state index contributed by atoms with van der Waals surface area (Å²) in [5.74, 6) is 0.653. The minimum absolute atomic E-state index is 0.0102. The summed E-state index contributed by atoms with van der Waals surface area (Å²) >= 11 is 0. The highest BCUT2D eigenvalue weighted by Crippen LogP contribution is 2.23. The van der Waals surface area contributed by atoms with Crippen LogP contribution in [-0.2, 0) is 23.3 Å². The number of hydrogen-bond acceptors (Lipinski definition) is 3. The van der Waals surface area contributed by atoms with Gasteiger partial charge in [0.25, 0.3) is 5.91 Å². The minimum Gasteiger partial charge on any atom is -0.497 e. The third kappa shape index (κ3) is 7.75. The van der Waals surface area contributed by atoms with Crippen LogP contribution in [0.25, 0.3) is 0 Å². The Bertz CT molecular complexity index is 1240. The van der Waals surface area contributed by atoms with Crippen molar-refractivity contribution in [3.8, 4) is 5.75 Å². The molecule has 0 spiro atoms. The Morgan fingerprint density at radius 2 is 1.64 bits per heavy atom. The molecule has 1 unspecified atom stereocenters. The number of aromatic nitrogens is 1. The van der Waals surface area contributed by atoms with Crippen LogP contribution in [-0.4, -0.2) is 51.9 Å². The van der Waals surface area contributed by atoms with Crippen molar-refractivity contribution in [3.63, 3.8) is 0 Å². The van der Waals surface area contributed by atoms with Crippen molar-refractivity contribution in [2.45, 2.75) is 85.5 Å². The van der Waals surface area contributed by atoms with Crippen molar-refractivity contribution in [3.05, 3.63) is 89.2 Å². The third-order valence-electron chi connectivity index (χ3n) is 7.37. The summed E-state index contributed by atoms with van der Waals surface area (Å²) in [4.78, 5) is 30.9. The molecule has 0 fully saturated rings. The molecule has 2 aromatic carbocycles. The van der Waals surface area contributed by atoms with Gasteiger partial charge in [-0.15, -0.1) is 0 Å². The van der Waals surface area contributed by atoms with E-state index in [2.05, 4.69) is 51.3 Å². The average molecular weight is 532 g/mol. The van der Waals surface area contributed by atoms with Crippen LogP contribution in [0.4, 0.5) is 0 Å². The van der Waals surface area contributed by atoms with Gasteiger partial charge in [0, 0.05) is 36.1 Å². The van der Waals surface area contributed by atoms with Gasteiger partial charge < -0.3 is 19.1 Å². The zero-order valence-electron chi connectivity index (χ0n) is 24.9. The maximum Gasteiger partial charge on any atom is 0.254 e. The molecule has 39 heavy (non-hydrogen) atoms. The summed E-state index contributed by atoms with van der Waals surface area (Å²) in [6.07, 6.45) is 2.87. The highest BCUT2D eigenvalue weighted by atomic mass is 16.5. The lowest BCUT2D eigenvalue weighted by atomic mass is 9.86. The van der Waals surface area contributed by atoms with E-state index in [1.165, 1.54) is 5.56 Å². The fourth-order valence-corrected chi connectivity index (χ4v) is 4.60. The molecule has 0 aliphatic heterocycles. The molecule has 6 heteroatoms. The van der Waals surface area contributed by atoms with E-state index < -0.39 is 0 Å². The molecule has 3 aromatic rings. The molecule has 1 aromatic heterocycles. The SMILES string of the molecule is CCC(C)N(Cc1cccn1Cc1cccc(OC)c1)C(=O)CN(C(=O)c1ccc(C(C)(C)C)cc1)C(C)C. The highest BCUT2D eigenvalue weighted by molar-refractivity contribution is 5.96. The lowest BCUT2D eigenvalue weighted by Gasteiger charge is -2.33. The predicted octanol–water partition coefficient (Wildman–Crippen LogP) is 6.52. The van der Waals surface area contributed by atoms with Crippen LogP contribution in [0, 0.1) is 0 Å². The summed E-state index contributed by atoms with van der Waals surface area (Å²) in [6, 6.07) is 19.8. The van der Waals surface area contributed by atoms with Crippen molar-refractivity contribution < 1.29 is 14.3 Å². The van der Waals surface area contributed by atoms with Crippen molar-refractivity contribution >= 4 is 11.8 Å². The van der Waals surface area contributed by atoms with Gasteiger partial charge in [0.15, 0.2) is 0 Å². The second-order valence-electron chi connectivity index (χ2n) is 11.6. The van der Waals surface area contributed by atoms with Crippen LogP contribution < -0.4 is 4.74 Å². The first-order valence-corrected chi connectivity index (χ1v) is 13.9. The van der Waals surface area contributed by atoms with E-state index in [9.17, 15) is 9.59 Å². The molecule has 0 radical (unpaired) electrons. The van der Waals surface area contributed by atoms with Gasteiger partial charge >= 0.3 is 0 Å². The molecular formula is C33H45N3O3.